The van der Waals surface area contributed by atoms with E-state index in [0.717, 1.165) is 0 Å². The third-order valence-electron chi connectivity index (χ3n) is 2.82. The topological polar surface area (TPSA) is 56.8 Å². The number of allylic oxidation sites excluding steroid dienone is 1. The SMILES string of the molecule is N#CC(C#N)=Cc1cccc(OCc2ccc(Cl)cc2F)c1. The van der Waals surface area contributed by atoms with Crippen molar-refractivity contribution in [1.82, 2.24) is 0 Å². The summed E-state index contributed by atoms with van der Waals surface area (Å²) >= 11 is 5.69. The molecule has 5 heteroatoms. The molecule has 0 radical (unpaired) electrons. The molecule has 0 saturated heterocycles. The fourth-order valence-corrected chi connectivity index (χ4v) is 1.91. The zero-order chi connectivity index (χ0) is 15.9. The molecule has 108 valence electrons. The molecule has 2 aromatic rings. The third-order valence-corrected chi connectivity index (χ3v) is 3.05. The van der Waals surface area contributed by atoms with Gasteiger partial charge < -0.3 is 4.74 Å². The summed E-state index contributed by atoms with van der Waals surface area (Å²) in [6, 6.07) is 14.8. The van der Waals surface area contributed by atoms with E-state index in [0.29, 0.717) is 21.9 Å². The average Bonchev–Trinajstić information content (AvgIpc) is 2.52. The van der Waals surface area contributed by atoms with Crippen molar-refractivity contribution in [1.29, 1.82) is 10.5 Å². The molecule has 0 aromatic heterocycles. The van der Waals surface area contributed by atoms with Crippen LogP contribution in [0.5, 0.6) is 5.75 Å². The van der Waals surface area contributed by atoms with E-state index in [-0.39, 0.29) is 12.2 Å². The predicted molar refractivity (Wildman–Crippen MR) is 81.4 cm³/mol. The Bertz CT molecular complexity index is 787. The Labute approximate surface area is 132 Å². The van der Waals surface area contributed by atoms with Gasteiger partial charge in [-0.15, -0.1) is 0 Å². The molecule has 0 fully saturated rings. The van der Waals surface area contributed by atoms with Gasteiger partial charge in [0.25, 0.3) is 0 Å². The summed E-state index contributed by atoms with van der Waals surface area (Å²) in [6.07, 6.45) is 1.45. The second kappa shape index (κ2) is 7.26. The monoisotopic (exact) mass is 312 g/mol. The summed E-state index contributed by atoms with van der Waals surface area (Å²) in [5.41, 5.74) is 1.05. The van der Waals surface area contributed by atoms with Crippen LogP contribution in [-0.2, 0) is 6.61 Å². The molecule has 0 bridgehead atoms. The van der Waals surface area contributed by atoms with E-state index in [2.05, 4.69) is 0 Å². The molecule has 0 saturated carbocycles. The second-order valence-corrected chi connectivity index (χ2v) is 4.81. The number of rotatable bonds is 4. The van der Waals surface area contributed by atoms with Crippen LogP contribution in [0.4, 0.5) is 4.39 Å². The molecule has 0 N–H and O–H groups in total. The summed E-state index contributed by atoms with van der Waals surface area (Å²) in [4.78, 5) is 0. The first-order valence-corrected chi connectivity index (χ1v) is 6.69. The highest BCUT2D eigenvalue weighted by atomic mass is 35.5. The molecular formula is C17H10ClFN2O. The van der Waals surface area contributed by atoms with E-state index in [4.69, 9.17) is 26.9 Å². The lowest BCUT2D eigenvalue weighted by molar-refractivity contribution is 0.300. The molecule has 3 nitrogen and oxygen atoms in total. The Morgan fingerprint density at radius 3 is 2.64 bits per heavy atom. The van der Waals surface area contributed by atoms with Crippen molar-refractivity contribution < 1.29 is 9.13 Å². The maximum atomic E-state index is 13.7. The van der Waals surface area contributed by atoms with Crippen LogP contribution in [0.25, 0.3) is 6.08 Å². The van der Waals surface area contributed by atoms with Crippen molar-refractivity contribution in [2.24, 2.45) is 0 Å². The highest BCUT2D eigenvalue weighted by molar-refractivity contribution is 6.30. The van der Waals surface area contributed by atoms with Gasteiger partial charge in [-0.3, -0.25) is 0 Å². The van der Waals surface area contributed by atoms with Gasteiger partial charge in [0.2, 0.25) is 0 Å². The molecule has 0 aliphatic heterocycles. The Kier molecular flexibility index (Phi) is 5.14. The fraction of sp³-hybridized carbons (Fsp3) is 0.0588. The predicted octanol–water partition coefficient (Wildman–Crippen LogP) is 4.49. The first-order valence-electron chi connectivity index (χ1n) is 6.31. The normalized spacial score (nSPS) is 9.45. The van der Waals surface area contributed by atoms with E-state index < -0.39 is 5.82 Å². The Balaban J connectivity index is 2.13. The lowest BCUT2D eigenvalue weighted by atomic mass is 10.1. The number of nitriles is 2. The van der Waals surface area contributed by atoms with Crippen LogP contribution in [0, 0.1) is 28.5 Å². The maximum Gasteiger partial charge on any atom is 0.131 e. The first-order chi connectivity index (χ1) is 10.6. The van der Waals surface area contributed by atoms with E-state index in [1.807, 2.05) is 0 Å². The van der Waals surface area contributed by atoms with Gasteiger partial charge in [-0.05, 0) is 35.9 Å². The summed E-state index contributed by atoms with van der Waals surface area (Å²) in [5.74, 6) is 0.0816. The van der Waals surface area contributed by atoms with Gasteiger partial charge in [-0.1, -0.05) is 29.8 Å². The molecule has 22 heavy (non-hydrogen) atoms. The molecule has 0 aliphatic rings. The fourth-order valence-electron chi connectivity index (χ4n) is 1.75. The summed E-state index contributed by atoms with van der Waals surface area (Å²) < 4.78 is 19.2. The molecule has 0 heterocycles. The molecular weight excluding hydrogens is 303 g/mol. The molecule has 2 aromatic carbocycles. The van der Waals surface area contributed by atoms with Gasteiger partial charge in [-0.2, -0.15) is 10.5 Å². The number of nitrogens with zero attached hydrogens (tertiary/aromatic N) is 2. The minimum atomic E-state index is -0.431. The van der Waals surface area contributed by atoms with E-state index in [1.165, 1.54) is 12.1 Å². The molecule has 0 unspecified atom stereocenters. The zero-order valence-corrected chi connectivity index (χ0v) is 12.1. The van der Waals surface area contributed by atoms with Gasteiger partial charge in [-0.25, -0.2) is 4.39 Å². The Morgan fingerprint density at radius 2 is 1.95 bits per heavy atom. The van der Waals surface area contributed by atoms with E-state index >= 15 is 0 Å². The zero-order valence-electron chi connectivity index (χ0n) is 11.4. The molecule has 2 rings (SSSR count). The van der Waals surface area contributed by atoms with Gasteiger partial charge in [0.05, 0.1) is 0 Å². The van der Waals surface area contributed by atoms with Crippen molar-refractivity contribution >= 4 is 17.7 Å². The van der Waals surface area contributed by atoms with Crippen molar-refractivity contribution in [3.63, 3.8) is 0 Å². The lowest BCUT2D eigenvalue weighted by Gasteiger charge is -2.08. The average molecular weight is 313 g/mol. The number of hydrogen-bond donors (Lipinski definition) is 0. The first kappa shape index (κ1) is 15.6. The van der Waals surface area contributed by atoms with Crippen LogP contribution >= 0.6 is 11.6 Å². The van der Waals surface area contributed by atoms with Crippen molar-refractivity contribution in [3.8, 4) is 17.9 Å². The smallest absolute Gasteiger partial charge is 0.131 e. The van der Waals surface area contributed by atoms with Crippen LogP contribution in [0.15, 0.2) is 48.0 Å². The standard InChI is InChI=1S/C17H10ClFN2O/c18-15-5-4-14(17(19)8-15)11-22-16-3-1-2-12(7-16)6-13(9-20)10-21/h1-8H,11H2. The number of ether oxygens (including phenoxy) is 1. The van der Waals surface area contributed by atoms with Gasteiger partial charge in [0.15, 0.2) is 0 Å². The number of benzene rings is 2. The molecule has 0 spiro atoms. The Hall–Kier alpha value is -2.82. The minimum Gasteiger partial charge on any atom is -0.489 e. The highest BCUT2D eigenvalue weighted by Crippen LogP contribution is 2.19. The summed E-state index contributed by atoms with van der Waals surface area (Å²) in [5, 5.41) is 17.8. The Morgan fingerprint density at radius 1 is 1.18 bits per heavy atom. The van der Waals surface area contributed by atoms with Crippen molar-refractivity contribution in [3.05, 3.63) is 70.0 Å². The number of halogens is 2. The van der Waals surface area contributed by atoms with Crippen LogP contribution < -0.4 is 4.74 Å². The van der Waals surface area contributed by atoms with Crippen LogP contribution in [-0.4, -0.2) is 0 Å². The van der Waals surface area contributed by atoms with Crippen molar-refractivity contribution in [2.75, 3.05) is 0 Å². The van der Waals surface area contributed by atoms with Crippen LogP contribution in [0.1, 0.15) is 11.1 Å². The number of hydrogen-bond acceptors (Lipinski definition) is 3. The molecule has 0 aliphatic carbocycles. The van der Waals surface area contributed by atoms with E-state index in [9.17, 15) is 4.39 Å². The largest absolute Gasteiger partial charge is 0.489 e. The minimum absolute atomic E-state index is 0.000829. The van der Waals surface area contributed by atoms with Gasteiger partial charge in [0, 0.05) is 10.6 Å². The quantitative estimate of drug-likeness (QED) is 0.782. The van der Waals surface area contributed by atoms with Crippen LogP contribution in [0.3, 0.4) is 0 Å². The van der Waals surface area contributed by atoms with Gasteiger partial charge in [0.1, 0.15) is 35.9 Å². The summed E-state index contributed by atoms with van der Waals surface area (Å²) in [7, 11) is 0. The highest BCUT2D eigenvalue weighted by Gasteiger charge is 2.04. The van der Waals surface area contributed by atoms with E-state index in [1.54, 1.807) is 48.5 Å². The maximum absolute atomic E-state index is 13.7. The van der Waals surface area contributed by atoms with Crippen molar-refractivity contribution in [2.45, 2.75) is 6.61 Å². The molecule has 0 atom stereocenters. The van der Waals surface area contributed by atoms with Gasteiger partial charge >= 0.3 is 0 Å². The van der Waals surface area contributed by atoms with Crippen LogP contribution in [0.2, 0.25) is 5.02 Å². The lowest BCUT2D eigenvalue weighted by Crippen LogP contribution is -1.98. The second-order valence-electron chi connectivity index (χ2n) is 4.38. The summed E-state index contributed by atoms with van der Waals surface area (Å²) in [6.45, 7) is 0.0551. The third kappa shape index (κ3) is 4.09. The molecule has 0 amide bonds.